The first-order chi connectivity index (χ1) is 8.65. The van der Waals surface area contributed by atoms with Crippen molar-refractivity contribution in [3.05, 3.63) is 35.9 Å². The molecule has 0 fully saturated rings. The molecule has 18 heavy (non-hydrogen) atoms. The molecule has 0 saturated heterocycles. The monoisotopic (exact) mass is 246 g/mol. The van der Waals surface area contributed by atoms with Crippen LogP contribution in [-0.4, -0.2) is 31.2 Å². The zero-order chi connectivity index (χ0) is 13.4. The fourth-order valence-corrected chi connectivity index (χ4v) is 1.88. The van der Waals surface area contributed by atoms with E-state index in [0.717, 1.165) is 6.54 Å². The van der Waals surface area contributed by atoms with Gasteiger partial charge in [-0.15, -0.1) is 0 Å². The third-order valence-electron chi connectivity index (χ3n) is 2.90. The molecule has 0 aromatic heterocycles. The van der Waals surface area contributed by atoms with Crippen molar-refractivity contribution in [3.8, 4) is 6.07 Å². The first kappa shape index (κ1) is 14.7. The third-order valence-corrected chi connectivity index (χ3v) is 2.90. The minimum atomic E-state index is 0.145. The first-order valence-corrected chi connectivity index (χ1v) is 6.39. The van der Waals surface area contributed by atoms with Gasteiger partial charge in [-0.25, -0.2) is 0 Å². The average molecular weight is 246 g/mol. The standard InChI is InChI=1S/C15H22N2O/c1-13(2)18-12-11-17(3)15(9-10-16)14-7-5-4-6-8-14/h4-8,13,15H,9,11-12H2,1-3H3. The lowest BCUT2D eigenvalue weighted by Gasteiger charge is -2.26. The van der Waals surface area contributed by atoms with Crippen LogP contribution in [0.1, 0.15) is 31.9 Å². The van der Waals surface area contributed by atoms with E-state index in [1.807, 2.05) is 39.1 Å². The van der Waals surface area contributed by atoms with E-state index in [0.29, 0.717) is 13.0 Å². The van der Waals surface area contributed by atoms with Crippen LogP contribution in [0.25, 0.3) is 0 Å². The van der Waals surface area contributed by atoms with E-state index in [2.05, 4.69) is 23.1 Å². The van der Waals surface area contributed by atoms with Crippen molar-refractivity contribution in [1.82, 2.24) is 4.90 Å². The molecule has 0 spiro atoms. The molecule has 3 nitrogen and oxygen atoms in total. The summed E-state index contributed by atoms with van der Waals surface area (Å²) >= 11 is 0. The molecule has 3 heteroatoms. The summed E-state index contributed by atoms with van der Waals surface area (Å²) in [5.74, 6) is 0. The lowest BCUT2D eigenvalue weighted by molar-refractivity contribution is 0.0560. The summed E-state index contributed by atoms with van der Waals surface area (Å²) in [6, 6.07) is 12.6. The predicted molar refractivity (Wildman–Crippen MR) is 73.1 cm³/mol. The van der Waals surface area contributed by atoms with E-state index in [9.17, 15) is 0 Å². The Morgan fingerprint density at radius 3 is 2.50 bits per heavy atom. The summed E-state index contributed by atoms with van der Waals surface area (Å²) in [6.07, 6.45) is 0.756. The molecule has 0 N–H and O–H groups in total. The maximum atomic E-state index is 8.95. The smallest absolute Gasteiger partial charge is 0.0641 e. The molecule has 0 aliphatic carbocycles. The van der Waals surface area contributed by atoms with Gasteiger partial charge in [-0.3, -0.25) is 4.90 Å². The summed E-state index contributed by atoms with van der Waals surface area (Å²) in [5, 5.41) is 8.95. The van der Waals surface area contributed by atoms with Crippen LogP contribution in [0.15, 0.2) is 30.3 Å². The van der Waals surface area contributed by atoms with Gasteiger partial charge in [0.15, 0.2) is 0 Å². The van der Waals surface area contributed by atoms with Crippen LogP contribution >= 0.6 is 0 Å². The van der Waals surface area contributed by atoms with Crippen LogP contribution in [0.3, 0.4) is 0 Å². The minimum Gasteiger partial charge on any atom is -0.377 e. The van der Waals surface area contributed by atoms with Crippen LogP contribution in [0.4, 0.5) is 0 Å². The van der Waals surface area contributed by atoms with E-state index in [-0.39, 0.29) is 12.1 Å². The molecule has 0 radical (unpaired) electrons. The number of nitrogens with zero attached hydrogens (tertiary/aromatic N) is 2. The van der Waals surface area contributed by atoms with Crippen LogP contribution in [-0.2, 0) is 4.74 Å². The normalized spacial score (nSPS) is 12.7. The predicted octanol–water partition coefficient (Wildman–Crippen LogP) is 3.00. The molecule has 0 aliphatic heterocycles. The largest absolute Gasteiger partial charge is 0.377 e. The summed E-state index contributed by atoms with van der Waals surface area (Å²) in [6.45, 7) is 5.59. The number of likely N-dealkylation sites (N-methyl/N-ethyl adjacent to an activating group) is 1. The molecule has 1 aromatic rings. The molecule has 0 aliphatic rings. The molecule has 1 rings (SSSR count). The zero-order valence-electron chi connectivity index (χ0n) is 11.5. The van der Waals surface area contributed by atoms with Gasteiger partial charge in [-0.1, -0.05) is 30.3 Å². The van der Waals surface area contributed by atoms with Crippen LogP contribution in [0.5, 0.6) is 0 Å². The van der Waals surface area contributed by atoms with Gasteiger partial charge >= 0.3 is 0 Å². The second-order valence-electron chi connectivity index (χ2n) is 4.69. The zero-order valence-corrected chi connectivity index (χ0v) is 11.5. The van der Waals surface area contributed by atoms with Crippen LogP contribution in [0, 0.1) is 11.3 Å². The molecule has 1 aromatic carbocycles. The molecular weight excluding hydrogens is 224 g/mol. The molecule has 1 atom stereocenters. The number of hydrogen-bond donors (Lipinski definition) is 0. The fourth-order valence-electron chi connectivity index (χ4n) is 1.88. The van der Waals surface area contributed by atoms with E-state index in [1.54, 1.807) is 0 Å². The molecular formula is C15H22N2O. The van der Waals surface area contributed by atoms with E-state index in [1.165, 1.54) is 5.56 Å². The average Bonchev–Trinajstić information content (AvgIpc) is 2.36. The van der Waals surface area contributed by atoms with Crippen molar-refractivity contribution < 1.29 is 4.74 Å². The highest BCUT2D eigenvalue weighted by Gasteiger charge is 2.16. The third kappa shape index (κ3) is 4.87. The van der Waals surface area contributed by atoms with E-state index >= 15 is 0 Å². The number of benzene rings is 1. The van der Waals surface area contributed by atoms with Crippen molar-refractivity contribution in [3.63, 3.8) is 0 Å². The number of rotatable bonds is 7. The Labute approximate surface area is 110 Å². The van der Waals surface area contributed by atoms with Gasteiger partial charge in [0.2, 0.25) is 0 Å². The number of nitriles is 1. The fraction of sp³-hybridized carbons (Fsp3) is 0.533. The highest BCUT2D eigenvalue weighted by Crippen LogP contribution is 2.22. The summed E-state index contributed by atoms with van der Waals surface area (Å²) < 4.78 is 5.55. The maximum absolute atomic E-state index is 8.95. The Morgan fingerprint density at radius 2 is 1.94 bits per heavy atom. The van der Waals surface area contributed by atoms with Crippen molar-refractivity contribution in [2.75, 3.05) is 20.2 Å². The molecule has 1 unspecified atom stereocenters. The van der Waals surface area contributed by atoms with Gasteiger partial charge in [-0.05, 0) is 26.5 Å². The van der Waals surface area contributed by atoms with Gasteiger partial charge in [0, 0.05) is 12.6 Å². The molecule has 0 heterocycles. The summed E-state index contributed by atoms with van der Waals surface area (Å²) in [4.78, 5) is 2.18. The summed E-state index contributed by atoms with van der Waals surface area (Å²) in [7, 11) is 2.04. The van der Waals surface area contributed by atoms with Crippen molar-refractivity contribution in [2.45, 2.75) is 32.4 Å². The Balaban J connectivity index is 2.59. The Bertz CT molecular complexity index is 370. The van der Waals surface area contributed by atoms with Gasteiger partial charge < -0.3 is 4.74 Å². The Kier molecular flexibility index (Phi) is 6.42. The van der Waals surface area contributed by atoms with E-state index in [4.69, 9.17) is 10.00 Å². The van der Waals surface area contributed by atoms with Gasteiger partial charge in [-0.2, -0.15) is 5.26 Å². The van der Waals surface area contributed by atoms with Crippen molar-refractivity contribution in [1.29, 1.82) is 5.26 Å². The molecule has 98 valence electrons. The van der Waals surface area contributed by atoms with Crippen LogP contribution < -0.4 is 0 Å². The van der Waals surface area contributed by atoms with Gasteiger partial charge in [0.05, 0.1) is 25.2 Å². The Morgan fingerprint density at radius 1 is 1.28 bits per heavy atom. The van der Waals surface area contributed by atoms with Crippen molar-refractivity contribution >= 4 is 0 Å². The van der Waals surface area contributed by atoms with Crippen molar-refractivity contribution in [2.24, 2.45) is 0 Å². The van der Waals surface area contributed by atoms with Gasteiger partial charge in [0.1, 0.15) is 0 Å². The molecule has 0 saturated carbocycles. The first-order valence-electron chi connectivity index (χ1n) is 6.39. The Hall–Kier alpha value is -1.37. The topological polar surface area (TPSA) is 36.3 Å². The SMILES string of the molecule is CC(C)OCCN(C)C(CC#N)c1ccccc1. The second-order valence-corrected chi connectivity index (χ2v) is 4.69. The second kappa shape index (κ2) is 7.86. The lowest BCUT2D eigenvalue weighted by atomic mass is 10.0. The maximum Gasteiger partial charge on any atom is 0.0641 e. The molecule has 0 bridgehead atoms. The quantitative estimate of drug-likeness (QED) is 0.742. The highest BCUT2D eigenvalue weighted by molar-refractivity contribution is 5.20. The molecule has 0 amide bonds. The highest BCUT2D eigenvalue weighted by atomic mass is 16.5. The van der Waals surface area contributed by atoms with E-state index < -0.39 is 0 Å². The van der Waals surface area contributed by atoms with Crippen LogP contribution in [0.2, 0.25) is 0 Å². The summed E-state index contributed by atoms with van der Waals surface area (Å²) in [5.41, 5.74) is 1.19. The minimum absolute atomic E-state index is 0.145. The van der Waals surface area contributed by atoms with Gasteiger partial charge in [0.25, 0.3) is 0 Å². The lowest BCUT2D eigenvalue weighted by Crippen LogP contribution is -2.28. The number of hydrogen-bond acceptors (Lipinski definition) is 3. The number of ether oxygens (including phenoxy) is 1.